The van der Waals surface area contributed by atoms with Crippen molar-refractivity contribution in [3.63, 3.8) is 0 Å². The van der Waals surface area contributed by atoms with Gasteiger partial charge in [-0.05, 0) is 12.8 Å². The Kier molecular flexibility index (Phi) is 3.54. The van der Waals surface area contributed by atoms with Gasteiger partial charge in [0.05, 0.1) is 12.2 Å². The summed E-state index contributed by atoms with van der Waals surface area (Å²) in [5.74, 6) is -0.503. The average Bonchev–Trinajstić information content (AvgIpc) is 2.66. The van der Waals surface area contributed by atoms with Gasteiger partial charge in [-0.15, -0.1) is 5.10 Å². The summed E-state index contributed by atoms with van der Waals surface area (Å²) in [4.78, 5) is 10.9. The summed E-state index contributed by atoms with van der Waals surface area (Å²) >= 11 is 0. The van der Waals surface area contributed by atoms with E-state index in [4.69, 9.17) is 5.73 Å². The van der Waals surface area contributed by atoms with Gasteiger partial charge >= 0.3 is 0 Å². The second-order valence-corrected chi connectivity index (χ2v) is 4.45. The van der Waals surface area contributed by atoms with Crippen LogP contribution in [-0.4, -0.2) is 20.9 Å². The molecule has 0 aromatic carbocycles. The second kappa shape index (κ2) is 5.09. The fourth-order valence-corrected chi connectivity index (χ4v) is 2.27. The highest BCUT2D eigenvalue weighted by Crippen LogP contribution is 2.25. The van der Waals surface area contributed by atoms with Crippen molar-refractivity contribution in [3.05, 3.63) is 11.9 Å². The van der Waals surface area contributed by atoms with Gasteiger partial charge in [0.25, 0.3) is 5.91 Å². The van der Waals surface area contributed by atoms with Crippen LogP contribution >= 0.6 is 0 Å². The summed E-state index contributed by atoms with van der Waals surface area (Å²) in [6, 6.07) is 0.390. The van der Waals surface area contributed by atoms with Crippen molar-refractivity contribution >= 4 is 5.91 Å². The first kappa shape index (κ1) is 11.1. The lowest BCUT2D eigenvalue weighted by molar-refractivity contribution is 0.0995. The molecule has 5 heteroatoms. The second-order valence-electron chi connectivity index (χ2n) is 4.45. The lowest BCUT2D eigenvalue weighted by Crippen LogP contribution is -2.12. The van der Waals surface area contributed by atoms with Crippen molar-refractivity contribution in [2.75, 3.05) is 0 Å². The first-order valence-electron chi connectivity index (χ1n) is 5.99. The lowest BCUT2D eigenvalue weighted by Gasteiger charge is -2.19. The molecule has 0 saturated heterocycles. The van der Waals surface area contributed by atoms with E-state index < -0.39 is 5.91 Å². The van der Waals surface area contributed by atoms with Crippen molar-refractivity contribution in [2.24, 2.45) is 5.73 Å². The molecule has 1 fully saturated rings. The number of primary amides is 1. The van der Waals surface area contributed by atoms with Gasteiger partial charge in [-0.2, -0.15) is 0 Å². The van der Waals surface area contributed by atoms with Crippen LogP contribution in [0.15, 0.2) is 6.20 Å². The Labute approximate surface area is 95.0 Å². The number of nitrogens with two attached hydrogens (primary N) is 1. The number of rotatable bonds is 2. The largest absolute Gasteiger partial charge is 0.364 e. The van der Waals surface area contributed by atoms with E-state index in [-0.39, 0.29) is 5.69 Å². The monoisotopic (exact) mass is 222 g/mol. The van der Waals surface area contributed by atoms with E-state index in [2.05, 4.69) is 10.3 Å². The van der Waals surface area contributed by atoms with Gasteiger partial charge < -0.3 is 5.73 Å². The normalized spacial score (nSPS) is 19.0. The Hall–Kier alpha value is -1.39. The summed E-state index contributed by atoms with van der Waals surface area (Å²) in [6.45, 7) is 0. The van der Waals surface area contributed by atoms with E-state index in [1.54, 1.807) is 6.20 Å². The highest BCUT2D eigenvalue weighted by molar-refractivity contribution is 5.90. The first-order chi connectivity index (χ1) is 7.77. The van der Waals surface area contributed by atoms with E-state index in [9.17, 15) is 4.79 Å². The van der Waals surface area contributed by atoms with Crippen LogP contribution < -0.4 is 5.73 Å². The molecule has 16 heavy (non-hydrogen) atoms. The number of aromatic nitrogens is 3. The number of carbonyl (C=O) groups excluding carboxylic acids is 1. The number of hydrogen-bond acceptors (Lipinski definition) is 3. The minimum absolute atomic E-state index is 0.266. The third-order valence-electron chi connectivity index (χ3n) is 3.21. The van der Waals surface area contributed by atoms with Crippen LogP contribution in [0.1, 0.15) is 61.5 Å². The molecular weight excluding hydrogens is 204 g/mol. The SMILES string of the molecule is NC(=O)c1cn(C2CCCCCCC2)nn1. The predicted molar refractivity (Wildman–Crippen MR) is 59.9 cm³/mol. The van der Waals surface area contributed by atoms with Crippen molar-refractivity contribution < 1.29 is 4.79 Å². The minimum atomic E-state index is -0.503. The van der Waals surface area contributed by atoms with Crippen molar-refractivity contribution in [1.29, 1.82) is 0 Å². The molecule has 88 valence electrons. The number of amides is 1. The van der Waals surface area contributed by atoms with Crippen LogP contribution in [0.25, 0.3) is 0 Å². The van der Waals surface area contributed by atoms with E-state index in [0.717, 1.165) is 12.8 Å². The lowest BCUT2D eigenvalue weighted by atomic mass is 9.97. The van der Waals surface area contributed by atoms with Crippen molar-refractivity contribution in [1.82, 2.24) is 15.0 Å². The Morgan fingerprint density at radius 3 is 2.44 bits per heavy atom. The fourth-order valence-electron chi connectivity index (χ4n) is 2.27. The van der Waals surface area contributed by atoms with Gasteiger partial charge in [-0.1, -0.05) is 37.3 Å². The Balaban J connectivity index is 2.05. The minimum Gasteiger partial charge on any atom is -0.364 e. The molecule has 1 saturated carbocycles. The molecule has 1 heterocycles. The molecule has 1 aliphatic rings. The highest BCUT2D eigenvalue weighted by Gasteiger charge is 2.16. The van der Waals surface area contributed by atoms with Gasteiger partial charge in [0, 0.05) is 0 Å². The van der Waals surface area contributed by atoms with E-state index in [1.165, 1.54) is 32.1 Å². The van der Waals surface area contributed by atoms with Gasteiger partial charge in [-0.3, -0.25) is 4.79 Å². The molecule has 0 radical (unpaired) electrons. The van der Waals surface area contributed by atoms with Crippen molar-refractivity contribution in [2.45, 2.75) is 51.0 Å². The molecule has 1 aromatic rings. The number of hydrogen-bond donors (Lipinski definition) is 1. The standard InChI is InChI=1S/C11H18N4O/c12-11(16)10-8-15(14-13-10)9-6-4-2-1-3-5-7-9/h8-9H,1-7H2,(H2,12,16). The molecule has 0 bridgehead atoms. The third-order valence-corrected chi connectivity index (χ3v) is 3.21. The maximum atomic E-state index is 10.9. The summed E-state index contributed by atoms with van der Waals surface area (Å²) < 4.78 is 1.81. The first-order valence-corrected chi connectivity index (χ1v) is 5.99. The molecular formula is C11H18N4O. The molecule has 2 N–H and O–H groups in total. The maximum Gasteiger partial charge on any atom is 0.270 e. The summed E-state index contributed by atoms with van der Waals surface area (Å²) in [5.41, 5.74) is 5.42. The molecule has 0 unspecified atom stereocenters. The van der Waals surface area contributed by atoms with Crippen LogP contribution in [0.4, 0.5) is 0 Å². The van der Waals surface area contributed by atoms with Crippen LogP contribution in [0.5, 0.6) is 0 Å². The van der Waals surface area contributed by atoms with Crippen LogP contribution in [0.2, 0.25) is 0 Å². The smallest absolute Gasteiger partial charge is 0.270 e. The van der Waals surface area contributed by atoms with Crippen molar-refractivity contribution in [3.8, 4) is 0 Å². The van der Waals surface area contributed by atoms with Gasteiger partial charge in [-0.25, -0.2) is 4.68 Å². The van der Waals surface area contributed by atoms with Crippen LogP contribution in [0.3, 0.4) is 0 Å². The maximum absolute atomic E-state index is 10.9. The molecule has 5 nitrogen and oxygen atoms in total. The van der Waals surface area contributed by atoms with E-state index in [1.807, 2.05) is 4.68 Å². The Morgan fingerprint density at radius 2 is 1.88 bits per heavy atom. The fraction of sp³-hybridized carbons (Fsp3) is 0.727. The predicted octanol–water partition coefficient (Wildman–Crippen LogP) is 1.66. The van der Waals surface area contributed by atoms with Gasteiger partial charge in [0.1, 0.15) is 0 Å². The quantitative estimate of drug-likeness (QED) is 0.827. The van der Waals surface area contributed by atoms with Crippen LogP contribution in [0, 0.1) is 0 Å². The van der Waals surface area contributed by atoms with E-state index >= 15 is 0 Å². The number of nitrogens with zero attached hydrogens (tertiary/aromatic N) is 3. The Morgan fingerprint density at radius 1 is 1.25 bits per heavy atom. The molecule has 0 aliphatic heterocycles. The zero-order valence-electron chi connectivity index (χ0n) is 9.43. The summed E-state index contributed by atoms with van der Waals surface area (Å²) in [7, 11) is 0. The topological polar surface area (TPSA) is 73.8 Å². The Bertz CT molecular complexity index is 353. The van der Waals surface area contributed by atoms with E-state index in [0.29, 0.717) is 6.04 Å². The van der Waals surface area contributed by atoms with Crippen LogP contribution in [-0.2, 0) is 0 Å². The zero-order chi connectivity index (χ0) is 11.4. The van der Waals surface area contributed by atoms with Gasteiger partial charge in [0.2, 0.25) is 0 Å². The molecule has 0 spiro atoms. The summed E-state index contributed by atoms with van der Waals surface area (Å²) in [5, 5.41) is 7.78. The molecule has 1 aromatic heterocycles. The molecule has 0 atom stereocenters. The van der Waals surface area contributed by atoms with Gasteiger partial charge in [0.15, 0.2) is 5.69 Å². The highest BCUT2D eigenvalue weighted by atomic mass is 16.1. The average molecular weight is 222 g/mol. The number of carbonyl (C=O) groups is 1. The zero-order valence-corrected chi connectivity index (χ0v) is 9.43. The summed E-state index contributed by atoms with van der Waals surface area (Å²) in [6.07, 6.45) is 10.3. The molecule has 1 amide bonds. The molecule has 2 rings (SSSR count). The third kappa shape index (κ3) is 2.59. The molecule has 1 aliphatic carbocycles.